The van der Waals surface area contributed by atoms with Gasteiger partial charge in [0.25, 0.3) is 0 Å². The number of Topliss-reactive ketones (excluding diaryl/α,β-unsaturated/α-hetero) is 2. The zero-order chi connectivity index (χ0) is 26.7. The normalized spacial score (nSPS) is 22.2. The average molecular weight is 514 g/mol. The predicted octanol–water partition coefficient (Wildman–Crippen LogP) is 5.07. The van der Waals surface area contributed by atoms with Crippen LogP contribution in [-0.2, 0) is 10.2 Å². The van der Waals surface area contributed by atoms with Crippen LogP contribution in [0.25, 0.3) is 0 Å². The third kappa shape index (κ3) is 6.21. The molecule has 2 aromatic rings. The number of rotatable bonds is 6. The lowest BCUT2D eigenvalue weighted by atomic mass is 9.85. The van der Waals surface area contributed by atoms with E-state index in [4.69, 9.17) is 0 Å². The van der Waals surface area contributed by atoms with E-state index in [1.165, 1.54) is 17.5 Å². The molecule has 3 aliphatic heterocycles. The van der Waals surface area contributed by atoms with Gasteiger partial charge in [0.15, 0.2) is 5.78 Å². The predicted molar refractivity (Wildman–Crippen MR) is 152 cm³/mol. The second-order valence-corrected chi connectivity index (χ2v) is 11.8. The number of piperidine rings is 1. The van der Waals surface area contributed by atoms with Gasteiger partial charge in [-0.2, -0.15) is 0 Å². The van der Waals surface area contributed by atoms with Crippen molar-refractivity contribution in [2.45, 2.75) is 64.3 Å². The van der Waals surface area contributed by atoms with E-state index in [-0.39, 0.29) is 29.4 Å². The number of hydrogen-bond acceptors (Lipinski definition) is 7. The Kier molecular flexibility index (Phi) is 7.75. The van der Waals surface area contributed by atoms with E-state index < -0.39 is 0 Å². The van der Waals surface area contributed by atoms with Crippen molar-refractivity contribution >= 4 is 23.2 Å². The van der Waals surface area contributed by atoms with Crippen molar-refractivity contribution in [2.24, 2.45) is 10.9 Å². The Morgan fingerprint density at radius 1 is 1.11 bits per heavy atom. The quantitative estimate of drug-likeness (QED) is 0.525. The second-order valence-electron chi connectivity index (χ2n) is 11.8. The molecule has 7 heteroatoms. The molecule has 0 bridgehead atoms. The van der Waals surface area contributed by atoms with Crippen molar-refractivity contribution in [2.75, 3.05) is 31.5 Å². The lowest BCUT2D eigenvalue weighted by Crippen LogP contribution is -2.41. The van der Waals surface area contributed by atoms with Crippen LogP contribution >= 0.6 is 0 Å². The third-order valence-corrected chi connectivity index (χ3v) is 7.86. The molecule has 1 unspecified atom stereocenters. The molecule has 1 aromatic carbocycles. The summed E-state index contributed by atoms with van der Waals surface area (Å²) in [5.74, 6) is 1.89. The lowest BCUT2D eigenvalue weighted by molar-refractivity contribution is -0.114. The van der Waals surface area contributed by atoms with Crippen molar-refractivity contribution in [3.8, 4) is 0 Å². The molecular formula is C31H39N5O2. The minimum Gasteiger partial charge on any atom is -0.357 e. The highest BCUT2D eigenvalue weighted by molar-refractivity contribution is 6.10. The largest absolute Gasteiger partial charge is 0.357 e. The van der Waals surface area contributed by atoms with E-state index in [0.717, 1.165) is 50.3 Å². The molecule has 4 heterocycles. The maximum absolute atomic E-state index is 13.0. The number of anilines is 1. The summed E-state index contributed by atoms with van der Waals surface area (Å²) >= 11 is 0. The summed E-state index contributed by atoms with van der Waals surface area (Å²) in [6, 6.07) is 12.4. The number of likely N-dealkylation sites (tertiary alicyclic amines) is 1. The summed E-state index contributed by atoms with van der Waals surface area (Å²) in [6.07, 6.45) is 8.59. The minimum absolute atomic E-state index is 0.0421. The molecule has 0 aliphatic carbocycles. The van der Waals surface area contributed by atoms with Gasteiger partial charge in [0.2, 0.25) is 5.78 Å². The van der Waals surface area contributed by atoms with Gasteiger partial charge in [0.1, 0.15) is 18.2 Å². The smallest absolute Gasteiger partial charge is 0.200 e. The van der Waals surface area contributed by atoms with Gasteiger partial charge < -0.3 is 15.5 Å². The van der Waals surface area contributed by atoms with Gasteiger partial charge in [0.05, 0.1) is 5.70 Å². The summed E-state index contributed by atoms with van der Waals surface area (Å²) in [6.45, 7) is 9.35. The highest BCUT2D eigenvalue weighted by Crippen LogP contribution is 2.26. The minimum atomic E-state index is -0.0421. The number of carbonyl (C=O) groups excluding carboxylic acids is 2. The van der Waals surface area contributed by atoms with Crippen LogP contribution in [0.4, 0.5) is 5.82 Å². The number of dihydropyridines is 1. The third-order valence-electron chi connectivity index (χ3n) is 7.86. The molecule has 2 atom stereocenters. The van der Waals surface area contributed by atoms with Gasteiger partial charge in [-0.15, -0.1) is 0 Å². The first kappa shape index (κ1) is 26.3. The van der Waals surface area contributed by atoms with Crippen molar-refractivity contribution in [3.05, 3.63) is 71.1 Å². The number of amidine groups is 1. The number of aliphatic imine (C=N–C) groups is 1. The monoisotopic (exact) mass is 513 g/mol. The highest BCUT2D eigenvalue weighted by atomic mass is 16.1. The van der Waals surface area contributed by atoms with E-state index in [1.807, 2.05) is 30.5 Å². The SMILES string of the molecule is CC(C)(C)c1ccc(C(=O)C[C@@H]2CCCN(C3=NCC(=O)C(Nc4ccc(C5CCCN5)cn4)=C3)C2)cc1. The molecule has 200 valence electrons. The molecule has 38 heavy (non-hydrogen) atoms. The number of pyridine rings is 1. The van der Waals surface area contributed by atoms with Crippen LogP contribution in [0.3, 0.4) is 0 Å². The molecule has 0 radical (unpaired) electrons. The van der Waals surface area contributed by atoms with Crippen LogP contribution < -0.4 is 10.6 Å². The number of aromatic nitrogens is 1. The summed E-state index contributed by atoms with van der Waals surface area (Å²) in [5, 5.41) is 6.70. The molecule has 2 fully saturated rings. The fourth-order valence-electron chi connectivity index (χ4n) is 5.56. The van der Waals surface area contributed by atoms with E-state index in [2.05, 4.69) is 64.5 Å². The standard InChI is InChI=1S/C31H39N5O2/c1-31(2,3)24-11-8-22(9-12-24)27(37)16-21-6-5-15-36(20-21)30-17-26(28(38)19-34-30)35-29-13-10-23(18-33-29)25-7-4-14-32-25/h8-13,17-18,21,25,32H,4-7,14-16,19-20H2,1-3H3,(H,33,35)/t21-,25?/m0/s1. The van der Waals surface area contributed by atoms with Gasteiger partial charge in [-0.25, -0.2) is 4.98 Å². The van der Waals surface area contributed by atoms with Crippen LogP contribution in [-0.4, -0.2) is 53.5 Å². The molecule has 3 aliphatic rings. The zero-order valence-corrected chi connectivity index (χ0v) is 22.8. The fourth-order valence-corrected chi connectivity index (χ4v) is 5.56. The van der Waals surface area contributed by atoms with E-state index in [9.17, 15) is 9.59 Å². The fraction of sp³-hybridized carbons (Fsp3) is 0.484. The average Bonchev–Trinajstić information content (AvgIpc) is 3.45. The van der Waals surface area contributed by atoms with Gasteiger partial charge in [-0.1, -0.05) is 51.1 Å². The van der Waals surface area contributed by atoms with Crippen LogP contribution in [0.5, 0.6) is 0 Å². The number of benzene rings is 1. The lowest BCUT2D eigenvalue weighted by Gasteiger charge is -2.35. The number of carbonyl (C=O) groups is 2. The Bertz CT molecular complexity index is 1220. The zero-order valence-electron chi connectivity index (χ0n) is 22.8. The molecule has 5 rings (SSSR count). The van der Waals surface area contributed by atoms with Gasteiger partial charge >= 0.3 is 0 Å². The number of hydrogen-bond donors (Lipinski definition) is 2. The highest BCUT2D eigenvalue weighted by Gasteiger charge is 2.27. The van der Waals surface area contributed by atoms with Gasteiger partial charge in [-0.05, 0) is 60.8 Å². The maximum atomic E-state index is 13.0. The summed E-state index contributed by atoms with van der Waals surface area (Å²) in [5.41, 5.74) is 3.78. The topological polar surface area (TPSA) is 86.7 Å². The Balaban J connectivity index is 1.20. The first-order valence-corrected chi connectivity index (χ1v) is 13.9. The molecule has 0 spiro atoms. The summed E-state index contributed by atoms with van der Waals surface area (Å²) < 4.78 is 0. The number of nitrogens with one attached hydrogen (secondary N) is 2. The van der Waals surface area contributed by atoms with Crippen LogP contribution in [0.1, 0.15) is 80.4 Å². The Labute approximate surface area is 225 Å². The molecule has 1 aromatic heterocycles. The molecule has 0 amide bonds. The Hall–Kier alpha value is -3.32. The molecule has 0 saturated carbocycles. The molecule has 2 saturated heterocycles. The van der Waals surface area contributed by atoms with Crippen molar-refractivity contribution in [1.82, 2.24) is 15.2 Å². The van der Waals surface area contributed by atoms with Crippen molar-refractivity contribution in [1.29, 1.82) is 0 Å². The molecule has 2 N–H and O–H groups in total. The molecular weight excluding hydrogens is 474 g/mol. The van der Waals surface area contributed by atoms with Crippen LogP contribution in [0.2, 0.25) is 0 Å². The van der Waals surface area contributed by atoms with E-state index >= 15 is 0 Å². The van der Waals surface area contributed by atoms with Gasteiger partial charge in [-0.3, -0.25) is 14.6 Å². The van der Waals surface area contributed by atoms with E-state index in [1.54, 1.807) is 0 Å². The Morgan fingerprint density at radius 3 is 2.61 bits per heavy atom. The number of ketones is 2. The second kappa shape index (κ2) is 11.2. The van der Waals surface area contributed by atoms with Crippen molar-refractivity contribution in [3.63, 3.8) is 0 Å². The van der Waals surface area contributed by atoms with Crippen molar-refractivity contribution < 1.29 is 9.59 Å². The van der Waals surface area contributed by atoms with Crippen LogP contribution in [0.15, 0.2) is 59.4 Å². The number of nitrogens with zero attached hydrogens (tertiary/aromatic N) is 3. The Morgan fingerprint density at radius 2 is 1.92 bits per heavy atom. The first-order chi connectivity index (χ1) is 18.3. The first-order valence-electron chi connectivity index (χ1n) is 13.9. The maximum Gasteiger partial charge on any atom is 0.200 e. The summed E-state index contributed by atoms with van der Waals surface area (Å²) in [4.78, 5) is 37.0. The summed E-state index contributed by atoms with van der Waals surface area (Å²) in [7, 11) is 0. The molecule has 7 nitrogen and oxygen atoms in total. The van der Waals surface area contributed by atoms with Crippen LogP contribution in [0, 0.1) is 5.92 Å². The van der Waals surface area contributed by atoms with E-state index in [0.29, 0.717) is 24.0 Å². The van der Waals surface area contributed by atoms with Gasteiger partial charge in [0, 0.05) is 43.4 Å².